The second-order valence-electron chi connectivity index (χ2n) is 4.78. The normalized spacial score (nSPS) is 23.9. The second-order valence-corrected chi connectivity index (χ2v) is 5.63. The molecule has 0 radical (unpaired) electrons. The van der Waals surface area contributed by atoms with Gasteiger partial charge >= 0.3 is 0 Å². The fourth-order valence-electron chi connectivity index (χ4n) is 2.42. The summed E-state index contributed by atoms with van der Waals surface area (Å²) in [6.07, 6.45) is -0.238. The van der Waals surface area contributed by atoms with Gasteiger partial charge in [-0.1, -0.05) is 11.2 Å². The summed E-state index contributed by atoms with van der Waals surface area (Å²) < 4.78 is 6.38. The number of benzene rings is 1. The van der Waals surface area contributed by atoms with Crippen molar-refractivity contribution in [2.45, 2.75) is 19.1 Å². The quantitative estimate of drug-likeness (QED) is 0.331. The molecule has 1 heterocycles. The van der Waals surface area contributed by atoms with Crippen LogP contribution in [-0.2, 0) is 4.74 Å². The van der Waals surface area contributed by atoms with Crippen molar-refractivity contribution in [2.75, 3.05) is 24.6 Å². The van der Waals surface area contributed by atoms with E-state index in [-0.39, 0.29) is 24.7 Å². The van der Waals surface area contributed by atoms with E-state index in [2.05, 4.69) is 26.0 Å². The molecule has 1 aromatic carbocycles. The highest BCUT2D eigenvalue weighted by atomic mass is 79.9. The maximum atomic E-state index is 9.30. The molecule has 0 spiro atoms. The molecule has 6 nitrogen and oxygen atoms in total. The number of ether oxygens (including phenoxy) is 1. The number of hydrogen-bond acceptors (Lipinski definition) is 5. The first-order valence-electron chi connectivity index (χ1n) is 6.34. The Balaban J connectivity index is 2.39. The number of nitrogens with two attached hydrogens (primary N) is 1. The fraction of sp³-hybridized carbons (Fsp3) is 0.462. The molecule has 1 aliphatic heterocycles. The SMILES string of the molecule is CC1CN(c2cccc(Br)c2/C(N)=N/O)CC(CO)O1. The molecule has 4 N–H and O–H groups in total. The van der Waals surface area contributed by atoms with Crippen molar-refractivity contribution in [3.63, 3.8) is 0 Å². The summed E-state index contributed by atoms with van der Waals surface area (Å²) in [4.78, 5) is 2.08. The summed E-state index contributed by atoms with van der Waals surface area (Å²) in [5.41, 5.74) is 7.26. The summed E-state index contributed by atoms with van der Waals surface area (Å²) in [5, 5.41) is 21.3. The molecule has 1 saturated heterocycles. The molecule has 1 aromatic rings. The summed E-state index contributed by atoms with van der Waals surface area (Å²) in [6, 6.07) is 5.64. The van der Waals surface area contributed by atoms with Crippen LogP contribution in [0.15, 0.2) is 27.8 Å². The molecular formula is C13H18BrN3O3. The van der Waals surface area contributed by atoms with Gasteiger partial charge in [0.15, 0.2) is 5.84 Å². The summed E-state index contributed by atoms with van der Waals surface area (Å²) in [6.45, 7) is 3.16. The lowest BCUT2D eigenvalue weighted by Gasteiger charge is -2.38. The average molecular weight is 344 g/mol. The summed E-state index contributed by atoms with van der Waals surface area (Å²) in [5.74, 6) is 0.0483. The lowest BCUT2D eigenvalue weighted by Crippen LogP contribution is -2.48. The first-order valence-corrected chi connectivity index (χ1v) is 7.13. The van der Waals surface area contributed by atoms with Crippen molar-refractivity contribution in [3.8, 4) is 0 Å². The van der Waals surface area contributed by atoms with E-state index in [1.807, 2.05) is 25.1 Å². The van der Waals surface area contributed by atoms with Crippen LogP contribution in [0.4, 0.5) is 5.69 Å². The van der Waals surface area contributed by atoms with Crippen LogP contribution in [0.1, 0.15) is 12.5 Å². The van der Waals surface area contributed by atoms with Crippen molar-refractivity contribution in [3.05, 3.63) is 28.2 Å². The highest BCUT2D eigenvalue weighted by molar-refractivity contribution is 9.10. The minimum Gasteiger partial charge on any atom is -0.409 e. The number of anilines is 1. The number of oxime groups is 1. The van der Waals surface area contributed by atoms with Crippen LogP contribution in [-0.4, -0.2) is 48.1 Å². The Bertz CT molecular complexity index is 510. The van der Waals surface area contributed by atoms with Gasteiger partial charge in [0, 0.05) is 23.2 Å². The highest BCUT2D eigenvalue weighted by Gasteiger charge is 2.27. The zero-order valence-electron chi connectivity index (χ0n) is 11.2. The maximum absolute atomic E-state index is 9.30. The first-order chi connectivity index (χ1) is 9.56. The Labute approximate surface area is 125 Å². The molecule has 2 atom stereocenters. The van der Waals surface area contributed by atoms with Gasteiger partial charge < -0.3 is 25.7 Å². The first kappa shape index (κ1) is 15.1. The number of rotatable bonds is 3. The van der Waals surface area contributed by atoms with E-state index in [1.54, 1.807) is 0 Å². The maximum Gasteiger partial charge on any atom is 0.173 e. The summed E-state index contributed by atoms with van der Waals surface area (Å²) >= 11 is 3.42. The standard InChI is InChI=1S/C13H18BrN3O3/c1-8-5-17(6-9(7-18)20-8)11-4-2-3-10(14)12(11)13(15)16-19/h2-4,8-9,18-19H,5-7H2,1H3,(H2,15,16). The van der Waals surface area contributed by atoms with Gasteiger partial charge in [0.2, 0.25) is 0 Å². The number of hydrogen-bond donors (Lipinski definition) is 3. The van der Waals surface area contributed by atoms with Gasteiger partial charge in [0.05, 0.1) is 24.4 Å². The van der Waals surface area contributed by atoms with Gasteiger partial charge in [0.1, 0.15) is 0 Å². The average Bonchev–Trinajstić information content (AvgIpc) is 2.45. The van der Waals surface area contributed by atoms with E-state index in [9.17, 15) is 5.11 Å². The second kappa shape index (κ2) is 6.43. The van der Waals surface area contributed by atoms with Crippen molar-refractivity contribution in [1.82, 2.24) is 0 Å². The Hall–Kier alpha value is -1.31. The van der Waals surface area contributed by atoms with E-state index in [4.69, 9.17) is 15.7 Å². The van der Waals surface area contributed by atoms with Crippen LogP contribution in [0.25, 0.3) is 0 Å². The minimum atomic E-state index is -0.238. The van der Waals surface area contributed by atoms with E-state index in [0.717, 1.165) is 10.2 Å². The molecule has 2 unspecified atom stereocenters. The molecule has 0 aromatic heterocycles. The molecular weight excluding hydrogens is 326 g/mol. The van der Waals surface area contributed by atoms with E-state index < -0.39 is 0 Å². The number of aliphatic hydroxyl groups is 1. The highest BCUT2D eigenvalue weighted by Crippen LogP contribution is 2.29. The Morgan fingerprint density at radius 1 is 1.55 bits per heavy atom. The van der Waals surface area contributed by atoms with Crippen LogP contribution in [0.3, 0.4) is 0 Å². The van der Waals surface area contributed by atoms with Gasteiger partial charge in [-0.25, -0.2) is 0 Å². The van der Waals surface area contributed by atoms with Crippen molar-refractivity contribution < 1.29 is 15.1 Å². The molecule has 1 fully saturated rings. The number of halogens is 1. The third-order valence-corrected chi connectivity index (χ3v) is 3.89. The van der Waals surface area contributed by atoms with E-state index in [0.29, 0.717) is 18.7 Å². The molecule has 2 rings (SSSR count). The van der Waals surface area contributed by atoms with Crippen LogP contribution < -0.4 is 10.6 Å². The van der Waals surface area contributed by atoms with Gasteiger partial charge in [0.25, 0.3) is 0 Å². The predicted molar refractivity (Wildman–Crippen MR) is 80.3 cm³/mol. The fourth-order valence-corrected chi connectivity index (χ4v) is 2.98. The van der Waals surface area contributed by atoms with E-state index in [1.165, 1.54) is 0 Å². The largest absolute Gasteiger partial charge is 0.409 e. The van der Waals surface area contributed by atoms with E-state index >= 15 is 0 Å². The van der Waals surface area contributed by atoms with Crippen molar-refractivity contribution >= 4 is 27.5 Å². The molecule has 0 aliphatic carbocycles. The van der Waals surface area contributed by atoms with Gasteiger partial charge in [-0.05, 0) is 35.0 Å². The number of aliphatic hydroxyl groups excluding tert-OH is 1. The lowest BCUT2D eigenvalue weighted by molar-refractivity contribution is -0.0421. The molecule has 110 valence electrons. The minimum absolute atomic E-state index is 0.0000198. The van der Waals surface area contributed by atoms with Crippen molar-refractivity contribution in [1.29, 1.82) is 0 Å². The number of amidine groups is 1. The van der Waals surface area contributed by atoms with Crippen LogP contribution in [0.2, 0.25) is 0 Å². The van der Waals surface area contributed by atoms with Crippen LogP contribution in [0.5, 0.6) is 0 Å². The lowest BCUT2D eigenvalue weighted by atomic mass is 10.1. The van der Waals surface area contributed by atoms with Crippen LogP contribution in [0, 0.1) is 0 Å². The Kier molecular flexibility index (Phi) is 4.85. The van der Waals surface area contributed by atoms with Crippen LogP contribution >= 0.6 is 15.9 Å². The zero-order valence-corrected chi connectivity index (χ0v) is 12.7. The third kappa shape index (κ3) is 3.05. The Morgan fingerprint density at radius 2 is 2.30 bits per heavy atom. The monoisotopic (exact) mass is 343 g/mol. The molecule has 0 amide bonds. The molecule has 1 aliphatic rings. The number of morpholine rings is 1. The number of nitrogens with zero attached hydrogens (tertiary/aromatic N) is 2. The summed E-state index contributed by atoms with van der Waals surface area (Å²) in [7, 11) is 0. The van der Waals surface area contributed by atoms with Gasteiger partial charge in [-0.3, -0.25) is 0 Å². The molecule has 7 heteroatoms. The molecule has 20 heavy (non-hydrogen) atoms. The third-order valence-electron chi connectivity index (χ3n) is 3.23. The molecule has 0 saturated carbocycles. The zero-order chi connectivity index (χ0) is 14.7. The van der Waals surface area contributed by atoms with Crippen molar-refractivity contribution in [2.24, 2.45) is 10.9 Å². The smallest absolute Gasteiger partial charge is 0.173 e. The van der Waals surface area contributed by atoms with Gasteiger partial charge in [-0.15, -0.1) is 0 Å². The topological polar surface area (TPSA) is 91.3 Å². The molecule has 0 bridgehead atoms. The van der Waals surface area contributed by atoms with Gasteiger partial charge in [-0.2, -0.15) is 0 Å². The predicted octanol–water partition coefficient (Wildman–Crippen LogP) is 1.13. The Morgan fingerprint density at radius 3 is 2.95 bits per heavy atom.